The van der Waals surface area contributed by atoms with Gasteiger partial charge in [0.2, 0.25) is 17.7 Å². The number of fused-ring (bicyclic) bond motifs is 5. The summed E-state index contributed by atoms with van der Waals surface area (Å²) in [6.07, 6.45) is 1.22. The number of amides is 3. The molecule has 4 heterocycles. The number of piperazine rings is 1. The molecule has 4 saturated heterocycles. The first-order valence-corrected chi connectivity index (χ1v) is 9.81. The molecule has 2 bridgehead atoms. The number of imide groups is 1. The van der Waals surface area contributed by atoms with Crippen LogP contribution in [0.2, 0.25) is 0 Å². The molecule has 1 N–H and O–H groups in total. The van der Waals surface area contributed by atoms with Crippen molar-refractivity contribution in [3.05, 3.63) is 35.6 Å². The molecule has 9 heteroatoms. The van der Waals surface area contributed by atoms with Crippen LogP contribution in [0.25, 0.3) is 0 Å². The van der Waals surface area contributed by atoms with E-state index in [1.54, 1.807) is 17.0 Å². The van der Waals surface area contributed by atoms with E-state index in [2.05, 4.69) is 5.32 Å². The van der Waals surface area contributed by atoms with Crippen molar-refractivity contribution in [2.75, 3.05) is 26.2 Å². The van der Waals surface area contributed by atoms with Gasteiger partial charge in [-0.2, -0.15) is 0 Å². The molecule has 0 saturated carbocycles. The molecule has 156 valence electrons. The first kappa shape index (κ1) is 20.3. The second kappa shape index (κ2) is 7.66. The van der Waals surface area contributed by atoms with Crippen molar-refractivity contribution >= 4 is 30.1 Å². The Labute approximate surface area is 174 Å². The number of halogens is 2. The van der Waals surface area contributed by atoms with Gasteiger partial charge in [-0.25, -0.2) is 4.39 Å². The molecule has 0 aliphatic carbocycles. The van der Waals surface area contributed by atoms with Crippen LogP contribution in [0.4, 0.5) is 4.39 Å². The van der Waals surface area contributed by atoms with E-state index in [1.165, 1.54) is 12.1 Å². The van der Waals surface area contributed by atoms with Gasteiger partial charge in [0.05, 0.1) is 30.1 Å². The second-order valence-electron chi connectivity index (χ2n) is 7.97. The van der Waals surface area contributed by atoms with Crippen molar-refractivity contribution in [1.29, 1.82) is 0 Å². The van der Waals surface area contributed by atoms with Crippen LogP contribution in [0.15, 0.2) is 24.3 Å². The van der Waals surface area contributed by atoms with Crippen LogP contribution in [-0.2, 0) is 19.1 Å². The molecule has 4 fully saturated rings. The quantitative estimate of drug-likeness (QED) is 0.730. The summed E-state index contributed by atoms with van der Waals surface area (Å²) in [6.45, 7) is 1.30. The van der Waals surface area contributed by atoms with E-state index in [1.807, 2.05) is 0 Å². The lowest BCUT2D eigenvalue weighted by atomic mass is 9.81. The Balaban J connectivity index is 0.00000205. The number of nitrogens with one attached hydrogen (secondary N) is 1. The zero-order valence-electron chi connectivity index (χ0n) is 15.8. The molecular formula is C20H23ClFN3O4. The summed E-state index contributed by atoms with van der Waals surface area (Å²) in [4.78, 5) is 41.4. The van der Waals surface area contributed by atoms with Crippen molar-refractivity contribution < 1.29 is 23.5 Å². The summed E-state index contributed by atoms with van der Waals surface area (Å²) < 4.78 is 19.4. The lowest BCUT2D eigenvalue weighted by Gasteiger charge is -2.37. The highest BCUT2D eigenvalue weighted by Gasteiger charge is 2.62. The molecule has 4 aliphatic heterocycles. The van der Waals surface area contributed by atoms with Crippen LogP contribution in [0, 0.1) is 17.7 Å². The minimum Gasteiger partial charge on any atom is -0.373 e. The Morgan fingerprint density at radius 1 is 1.17 bits per heavy atom. The molecule has 4 aliphatic rings. The fourth-order valence-electron chi connectivity index (χ4n) is 5.17. The minimum atomic E-state index is -0.430. The number of ether oxygens (including phenoxy) is 1. The van der Waals surface area contributed by atoms with Gasteiger partial charge in [-0.3, -0.25) is 19.3 Å². The summed E-state index contributed by atoms with van der Waals surface area (Å²) in [6, 6.07) is 5.86. The van der Waals surface area contributed by atoms with Gasteiger partial charge in [0, 0.05) is 19.6 Å². The zero-order valence-corrected chi connectivity index (χ0v) is 16.6. The van der Waals surface area contributed by atoms with Gasteiger partial charge in [0.1, 0.15) is 12.4 Å². The summed E-state index contributed by atoms with van der Waals surface area (Å²) >= 11 is 0. The number of hydrogen-bond donors (Lipinski definition) is 1. The summed E-state index contributed by atoms with van der Waals surface area (Å²) in [5.41, 5.74) is 0.697. The third-order valence-electron chi connectivity index (χ3n) is 6.47. The molecule has 7 nitrogen and oxygen atoms in total. The fourth-order valence-corrected chi connectivity index (χ4v) is 5.17. The van der Waals surface area contributed by atoms with E-state index in [4.69, 9.17) is 4.74 Å². The predicted octanol–water partition coefficient (Wildman–Crippen LogP) is 0.883. The van der Waals surface area contributed by atoms with Gasteiger partial charge in [0.15, 0.2) is 0 Å². The molecule has 0 spiro atoms. The highest BCUT2D eigenvalue weighted by atomic mass is 35.5. The van der Waals surface area contributed by atoms with Crippen LogP contribution in [0.1, 0.15) is 24.4 Å². The number of nitrogens with zero attached hydrogens (tertiary/aromatic N) is 2. The van der Waals surface area contributed by atoms with Crippen LogP contribution in [-0.4, -0.2) is 65.9 Å². The lowest BCUT2D eigenvalue weighted by molar-refractivity contribution is -0.149. The van der Waals surface area contributed by atoms with Gasteiger partial charge in [-0.1, -0.05) is 12.1 Å². The maximum atomic E-state index is 13.7. The smallest absolute Gasteiger partial charge is 0.243 e. The summed E-state index contributed by atoms with van der Waals surface area (Å²) in [5.74, 6) is -2.07. The highest BCUT2D eigenvalue weighted by Crippen LogP contribution is 2.48. The van der Waals surface area contributed by atoms with Crippen LogP contribution >= 0.6 is 12.4 Å². The van der Waals surface area contributed by atoms with Crippen LogP contribution in [0.5, 0.6) is 0 Å². The number of carbonyl (C=O) groups is 3. The number of hydrogen-bond acceptors (Lipinski definition) is 5. The van der Waals surface area contributed by atoms with Crippen molar-refractivity contribution in [2.45, 2.75) is 31.1 Å². The Morgan fingerprint density at radius 3 is 2.52 bits per heavy atom. The van der Waals surface area contributed by atoms with Crippen molar-refractivity contribution in [2.24, 2.45) is 11.8 Å². The molecule has 1 aromatic rings. The molecule has 0 radical (unpaired) electrons. The van der Waals surface area contributed by atoms with E-state index in [-0.39, 0.29) is 60.7 Å². The third-order valence-corrected chi connectivity index (χ3v) is 6.47. The molecule has 5 atom stereocenters. The normalized spacial score (nSPS) is 33.1. The number of benzene rings is 1. The maximum Gasteiger partial charge on any atom is 0.243 e. The van der Waals surface area contributed by atoms with E-state index >= 15 is 0 Å². The fraction of sp³-hybridized carbons (Fsp3) is 0.550. The summed E-state index contributed by atoms with van der Waals surface area (Å²) in [7, 11) is 0. The number of carbonyl (C=O) groups excluding carboxylic acids is 3. The zero-order chi connectivity index (χ0) is 19.4. The Bertz CT molecular complexity index is 825. The Kier molecular flexibility index (Phi) is 5.35. The average Bonchev–Trinajstić information content (AvgIpc) is 3.38. The van der Waals surface area contributed by atoms with Crippen LogP contribution < -0.4 is 5.32 Å². The average molecular weight is 424 g/mol. The summed E-state index contributed by atoms with van der Waals surface area (Å²) in [5, 5.41) is 3.22. The lowest BCUT2D eigenvalue weighted by Crippen LogP contribution is -2.52. The van der Waals surface area contributed by atoms with Crippen molar-refractivity contribution in [3.8, 4) is 0 Å². The van der Waals surface area contributed by atoms with E-state index in [0.717, 1.165) is 17.7 Å². The van der Waals surface area contributed by atoms with Gasteiger partial charge < -0.3 is 15.0 Å². The van der Waals surface area contributed by atoms with Crippen molar-refractivity contribution in [3.63, 3.8) is 0 Å². The molecule has 1 aromatic carbocycles. The molecular weight excluding hydrogens is 401 g/mol. The van der Waals surface area contributed by atoms with Gasteiger partial charge in [-0.15, -0.1) is 12.4 Å². The Morgan fingerprint density at radius 2 is 1.86 bits per heavy atom. The monoisotopic (exact) mass is 423 g/mol. The highest BCUT2D eigenvalue weighted by molar-refractivity contribution is 6.08. The minimum absolute atomic E-state index is 0. The van der Waals surface area contributed by atoms with Gasteiger partial charge in [0.25, 0.3) is 0 Å². The standard InChI is InChI=1S/C20H22FN3O4.ClH/c21-12-3-1-2-11(8-12)13-9-22-6-7-23(13)16(25)10-24-19(26)17-14-4-5-15(28-14)18(17)20(24)27;/h1-3,8,13-15,17-18,22H,4-7,9-10H2;1H. The molecule has 3 amide bonds. The first-order chi connectivity index (χ1) is 13.5. The van der Waals surface area contributed by atoms with E-state index in [0.29, 0.717) is 25.2 Å². The maximum absolute atomic E-state index is 13.7. The second-order valence-corrected chi connectivity index (χ2v) is 7.97. The third kappa shape index (κ3) is 3.23. The molecule has 29 heavy (non-hydrogen) atoms. The number of likely N-dealkylation sites (tertiary alicyclic amines) is 1. The van der Waals surface area contributed by atoms with Gasteiger partial charge in [-0.05, 0) is 30.5 Å². The van der Waals surface area contributed by atoms with E-state index in [9.17, 15) is 18.8 Å². The SMILES string of the molecule is Cl.O=C1C2C3CCC(O3)C2C(=O)N1CC(=O)N1CCNCC1c1cccc(F)c1. The predicted molar refractivity (Wildman–Crippen MR) is 103 cm³/mol. The van der Waals surface area contributed by atoms with Crippen LogP contribution in [0.3, 0.4) is 0 Å². The Hall–Kier alpha value is -2.03. The molecule has 5 rings (SSSR count). The van der Waals surface area contributed by atoms with Gasteiger partial charge >= 0.3 is 0 Å². The molecule has 0 aromatic heterocycles. The van der Waals surface area contributed by atoms with Crippen molar-refractivity contribution in [1.82, 2.24) is 15.1 Å². The first-order valence-electron chi connectivity index (χ1n) is 9.81. The largest absolute Gasteiger partial charge is 0.373 e. The van der Waals surface area contributed by atoms with E-state index < -0.39 is 11.8 Å². The molecule has 5 unspecified atom stereocenters. The number of rotatable bonds is 3. The topological polar surface area (TPSA) is 79.0 Å².